The molecule has 1 saturated carbocycles. The van der Waals surface area contributed by atoms with Crippen molar-refractivity contribution in [2.75, 3.05) is 0 Å². The topological polar surface area (TPSA) is 9.23 Å². The van der Waals surface area contributed by atoms with E-state index in [4.69, 9.17) is 4.74 Å². The van der Waals surface area contributed by atoms with Crippen molar-refractivity contribution in [3.05, 3.63) is 137 Å². The van der Waals surface area contributed by atoms with Crippen molar-refractivity contribution >= 4 is 22.9 Å². The van der Waals surface area contributed by atoms with Gasteiger partial charge in [-0.3, -0.25) is 0 Å². The third-order valence-corrected chi connectivity index (χ3v) is 12.7. The smallest absolute Gasteiger partial charge is 0.132 e. The van der Waals surface area contributed by atoms with Gasteiger partial charge in [-0.15, -0.1) is 0 Å². The molecule has 0 saturated heterocycles. The van der Waals surface area contributed by atoms with Gasteiger partial charge in [-0.2, -0.15) is 0 Å². The average Bonchev–Trinajstić information content (AvgIpc) is 3.44. The highest BCUT2D eigenvalue weighted by molar-refractivity contribution is 6.12. The van der Waals surface area contributed by atoms with E-state index in [2.05, 4.69) is 122 Å². The Kier molecular flexibility index (Phi) is 6.62. The maximum absolute atomic E-state index is 7.21. The van der Waals surface area contributed by atoms with E-state index in [-0.39, 0.29) is 5.60 Å². The van der Waals surface area contributed by atoms with E-state index in [9.17, 15) is 0 Å². The van der Waals surface area contributed by atoms with Crippen LogP contribution in [0, 0.1) is 11.8 Å². The molecule has 1 heteroatoms. The molecule has 4 aromatic carbocycles. The molecule has 5 atom stereocenters. The molecule has 0 aromatic heterocycles. The highest BCUT2D eigenvalue weighted by Crippen LogP contribution is 2.58. The van der Waals surface area contributed by atoms with Crippen molar-refractivity contribution in [1.29, 1.82) is 0 Å². The Bertz CT molecular complexity index is 2130. The molecule has 1 aliphatic heterocycles. The van der Waals surface area contributed by atoms with E-state index >= 15 is 0 Å². The van der Waals surface area contributed by atoms with Gasteiger partial charge in [-0.25, -0.2) is 0 Å². The van der Waals surface area contributed by atoms with Crippen LogP contribution in [0.15, 0.2) is 103 Å². The normalized spacial score (nSPS) is 27.6. The van der Waals surface area contributed by atoms with Crippen LogP contribution in [0.1, 0.15) is 97.1 Å². The molecule has 5 aliphatic carbocycles. The molecule has 0 radical (unpaired) electrons. The summed E-state index contributed by atoms with van der Waals surface area (Å²) in [6.45, 7) is 2.35. The Balaban J connectivity index is 1.19. The quantitative estimate of drug-likeness (QED) is 0.206. The van der Waals surface area contributed by atoms with Crippen LogP contribution in [0.4, 0.5) is 0 Å². The molecule has 0 spiro atoms. The van der Waals surface area contributed by atoms with Crippen molar-refractivity contribution in [1.82, 2.24) is 0 Å². The van der Waals surface area contributed by atoms with Gasteiger partial charge in [-0.05, 0) is 138 Å². The summed E-state index contributed by atoms with van der Waals surface area (Å²) in [5.74, 6) is 3.45. The number of benzene rings is 4. The summed E-state index contributed by atoms with van der Waals surface area (Å²) in [6, 6.07) is 21.4. The molecular weight excluding hydrogens is 581 g/mol. The number of hydrogen-bond acceptors (Lipinski definition) is 1. The lowest BCUT2D eigenvalue weighted by Crippen LogP contribution is -2.35. The van der Waals surface area contributed by atoms with Crippen LogP contribution in [0.3, 0.4) is 0 Å². The first-order chi connectivity index (χ1) is 23.7. The Morgan fingerprint density at radius 3 is 2.42 bits per heavy atom. The zero-order chi connectivity index (χ0) is 31.8. The lowest BCUT2D eigenvalue weighted by molar-refractivity contribution is 0.0891. The van der Waals surface area contributed by atoms with Gasteiger partial charge in [0.05, 0.1) is 0 Å². The largest absolute Gasteiger partial charge is 0.486 e. The van der Waals surface area contributed by atoms with Crippen LogP contribution in [0.5, 0.6) is 5.75 Å². The predicted molar refractivity (Wildman–Crippen MR) is 202 cm³/mol. The fraction of sp³-hybridized carbons (Fsp3) is 0.319. The van der Waals surface area contributed by atoms with Gasteiger partial charge in [0.25, 0.3) is 0 Å². The van der Waals surface area contributed by atoms with E-state index in [1.165, 1.54) is 85.7 Å². The molecule has 1 fully saturated rings. The second kappa shape index (κ2) is 11.1. The monoisotopic (exact) mass is 624 g/mol. The average molecular weight is 625 g/mol. The van der Waals surface area contributed by atoms with Gasteiger partial charge in [0.1, 0.15) is 11.4 Å². The fourth-order valence-electron chi connectivity index (χ4n) is 10.3. The summed E-state index contributed by atoms with van der Waals surface area (Å²) in [5.41, 5.74) is 14.0. The zero-order valence-electron chi connectivity index (χ0n) is 28.1. The molecule has 238 valence electrons. The second-order valence-electron chi connectivity index (χ2n) is 15.4. The second-order valence-corrected chi connectivity index (χ2v) is 15.4. The predicted octanol–water partition coefficient (Wildman–Crippen LogP) is 12.3. The van der Waals surface area contributed by atoms with Crippen LogP contribution in [0.2, 0.25) is 0 Å². The summed E-state index contributed by atoms with van der Waals surface area (Å²) >= 11 is 0. The lowest BCUT2D eigenvalue weighted by atomic mass is 9.70. The van der Waals surface area contributed by atoms with E-state index < -0.39 is 0 Å². The lowest BCUT2D eigenvalue weighted by Gasteiger charge is -2.35. The minimum absolute atomic E-state index is 0.182. The van der Waals surface area contributed by atoms with Crippen LogP contribution in [-0.4, -0.2) is 5.60 Å². The number of rotatable bonds is 3. The van der Waals surface area contributed by atoms with Crippen LogP contribution < -0.4 is 4.74 Å². The molecule has 4 aromatic rings. The first-order valence-corrected chi connectivity index (χ1v) is 18.6. The van der Waals surface area contributed by atoms with Gasteiger partial charge in [-0.1, -0.05) is 115 Å². The molecule has 0 amide bonds. The highest BCUT2D eigenvalue weighted by atomic mass is 16.5. The summed E-state index contributed by atoms with van der Waals surface area (Å²) in [7, 11) is 0. The van der Waals surface area contributed by atoms with Crippen molar-refractivity contribution in [2.45, 2.75) is 82.1 Å². The Labute approximate surface area is 285 Å². The molecule has 1 nitrogen and oxygen atoms in total. The summed E-state index contributed by atoms with van der Waals surface area (Å²) in [5, 5.41) is 2.71. The number of allylic oxidation sites excluding steroid dienone is 7. The van der Waals surface area contributed by atoms with E-state index in [1.54, 1.807) is 0 Å². The van der Waals surface area contributed by atoms with Gasteiger partial charge in [0, 0.05) is 17.0 Å². The SMILES string of the molecule is CC12CCC=CC1c1cc3c(c(-c4c5c(c(-c6cccc(C7CCC8C=CC=CC8C7)c6)c6ccccc46)C=CCC5)c1O2)C=CCC3. The highest BCUT2D eigenvalue weighted by Gasteiger charge is 2.46. The van der Waals surface area contributed by atoms with Crippen molar-refractivity contribution in [2.24, 2.45) is 11.8 Å². The van der Waals surface area contributed by atoms with E-state index in [0.29, 0.717) is 17.8 Å². The molecule has 6 aliphatic rings. The molecule has 5 unspecified atom stereocenters. The maximum atomic E-state index is 7.21. The van der Waals surface area contributed by atoms with Crippen molar-refractivity contribution in [3.8, 4) is 28.0 Å². The molecule has 1 heterocycles. The maximum Gasteiger partial charge on any atom is 0.132 e. The minimum Gasteiger partial charge on any atom is -0.486 e. The first kappa shape index (κ1) is 28.6. The summed E-state index contributed by atoms with van der Waals surface area (Å²) in [4.78, 5) is 0. The number of hydrogen-bond donors (Lipinski definition) is 0. The molecule has 0 bridgehead atoms. The fourth-order valence-corrected chi connectivity index (χ4v) is 10.3. The van der Waals surface area contributed by atoms with Crippen molar-refractivity contribution in [3.63, 3.8) is 0 Å². The number of ether oxygens (including phenoxy) is 1. The summed E-state index contributed by atoms with van der Waals surface area (Å²) in [6.07, 6.45) is 34.1. The first-order valence-electron chi connectivity index (χ1n) is 18.6. The summed E-state index contributed by atoms with van der Waals surface area (Å²) < 4.78 is 7.21. The Hall–Kier alpha value is -4.36. The van der Waals surface area contributed by atoms with Gasteiger partial charge in [0.15, 0.2) is 0 Å². The van der Waals surface area contributed by atoms with E-state index in [1.807, 2.05) is 0 Å². The van der Waals surface area contributed by atoms with Crippen LogP contribution >= 0.6 is 0 Å². The third kappa shape index (κ3) is 4.36. The Morgan fingerprint density at radius 1 is 0.708 bits per heavy atom. The van der Waals surface area contributed by atoms with E-state index in [0.717, 1.165) is 50.2 Å². The number of aryl methyl sites for hydroxylation is 1. The molecular formula is C47H44O. The van der Waals surface area contributed by atoms with Gasteiger partial charge in [0.2, 0.25) is 0 Å². The zero-order valence-corrected chi connectivity index (χ0v) is 28.1. The molecule has 0 N–H and O–H groups in total. The van der Waals surface area contributed by atoms with Crippen molar-refractivity contribution < 1.29 is 4.74 Å². The van der Waals surface area contributed by atoms with Gasteiger partial charge >= 0.3 is 0 Å². The third-order valence-electron chi connectivity index (χ3n) is 12.7. The molecule has 48 heavy (non-hydrogen) atoms. The van der Waals surface area contributed by atoms with Crippen LogP contribution in [0.25, 0.3) is 45.2 Å². The van der Waals surface area contributed by atoms with Crippen LogP contribution in [-0.2, 0) is 12.8 Å². The standard InChI is InChI=1S/C47H44O/c1-47-26-11-10-23-42(47)41-29-34-15-4-5-18-36(34)45(46(41)48-47)44-39-21-8-6-19-37(39)43(38-20-7-9-22-40(38)44)35-17-12-16-32(28-35)33-25-24-30-13-2-3-14-31(30)27-33/h2-3,5-8,10,12-14,16-21,23,28-31,33,42H,4,9,11,15,22,24-27H2,1H3. The molecule has 10 rings (SSSR count). The Morgan fingerprint density at radius 2 is 1.52 bits per heavy atom. The minimum atomic E-state index is -0.182. The van der Waals surface area contributed by atoms with Gasteiger partial charge < -0.3 is 4.74 Å². The number of fused-ring (bicyclic) bond motifs is 7.